The summed E-state index contributed by atoms with van der Waals surface area (Å²) in [5.74, 6) is 0.482. The summed E-state index contributed by atoms with van der Waals surface area (Å²) in [4.78, 5) is 7.28. The number of ether oxygens (including phenoxy) is 1. The molecule has 2 heterocycles. The van der Waals surface area contributed by atoms with Gasteiger partial charge in [0, 0.05) is 22.7 Å². The predicted octanol–water partition coefficient (Wildman–Crippen LogP) is 1.97. The summed E-state index contributed by atoms with van der Waals surface area (Å²) in [6.07, 6.45) is -0.454. The monoisotopic (exact) mass is 319 g/mol. The number of hydrogen-bond acceptors (Lipinski definition) is 4. The summed E-state index contributed by atoms with van der Waals surface area (Å²) in [6, 6.07) is 10.1. The molecule has 0 radical (unpaired) electrons. The van der Waals surface area contributed by atoms with Gasteiger partial charge in [-0.3, -0.25) is 4.99 Å². The van der Waals surface area contributed by atoms with Crippen LogP contribution < -0.4 is 5.73 Å². The van der Waals surface area contributed by atoms with Crippen LogP contribution in [0.1, 0.15) is 17.9 Å². The van der Waals surface area contributed by atoms with Crippen molar-refractivity contribution in [1.82, 2.24) is 4.90 Å². The van der Waals surface area contributed by atoms with Gasteiger partial charge in [0.15, 0.2) is 5.96 Å². The standard InChI is InChI=1S/C16H21N3O2S/c1-11-10-19(6-7-21-11)16(17)18-9-13(20)15-8-12-4-2-3-5-14(12)22-15/h2-5,8,11,13,20H,6-7,9-10H2,1H3,(H2,17,18). The smallest absolute Gasteiger partial charge is 0.191 e. The first-order chi connectivity index (χ1) is 10.6. The lowest BCUT2D eigenvalue weighted by Gasteiger charge is -2.31. The minimum absolute atomic E-state index is 0.162. The Balaban J connectivity index is 1.65. The van der Waals surface area contributed by atoms with Crippen LogP contribution in [0.4, 0.5) is 0 Å². The topological polar surface area (TPSA) is 71.1 Å². The zero-order chi connectivity index (χ0) is 15.5. The summed E-state index contributed by atoms with van der Waals surface area (Å²) >= 11 is 1.60. The van der Waals surface area contributed by atoms with Gasteiger partial charge in [-0.2, -0.15) is 0 Å². The van der Waals surface area contributed by atoms with E-state index in [9.17, 15) is 5.11 Å². The van der Waals surface area contributed by atoms with Crippen LogP contribution in [0.25, 0.3) is 10.1 Å². The van der Waals surface area contributed by atoms with Crippen molar-refractivity contribution in [2.75, 3.05) is 26.2 Å². The van der Waals surface area contributed by atoms with Crippen molar-refractivity contribution >= 4 is 27.4 Å². The van der Waals surface area contributed by atoms with Gasteiger partial charge < -0.3 is 20.5 Å². The third-order valence-electron chi connectivity index (χ3n) is 3.76. The Labute approximate surface area is 134 Å². The third-order valence-corrected chi connectivity index (χ3v) is 4.98. The van der Waals surface area contributed by atoms with Crippen LogP contribution in [0, 0.1) is 0 Å². The lowest BCUT2D eigenvalue weighted by atomic mass is 10.2. The van der Waals surface area contributed by atoms with Gasteiger partial charge in [-0.05, 0) is 24.4 Å². The Bertz CT molecular complexity index is 637. The van der Waals surface area contributed by atoms with E-state index in [2.05, 4.69) is 17.1 Å². The minimum Gasteiger partial charge on any atom is -0.386 e. The highest BCUT2D eigenvalue weighted by molar-refractivity contribution is 7.19. The number of rotatable bonds is 3. The van der Waals surface area contributed by atoms with E-state index in [-0.39, 0.29) is 12.6 Å². The van der Waals surface area contributed by atoms with Gasteiger partial charge in [0.1, 0.15) is 6.10 Å². The van der Waals surface area contributed by atoms with Crippen molar-refractivity contribution in [3.8, 4) is 0 Å². The van der Waals surface area contributed by atoms with E-state index in [1.807, 2.05) is 30.0 Å². The first-order valence-electron chi connectivity index (χ1n) is 7.46. The summed E-state index contributed by atoms with van der Waals surface area (Å²) in [7, 11) is 0. The minimum atomic E-state index is -0.616. The van der Waals surface area contributed by atoms with Crippen molar-refractivity contribution in [1.29, 1.82) is 0 Å². The molecule has 2 atom stereocenters. The number of thiophene rings is 1. The van der Waals surface area contributed by atoms with E-state index in [4.69, 9.17) is 10.5 Å². The van der Waals surface area contributed by atoms with Crippen molar-refractivity contribution in [2.24, 2.45) is 10.7 Å². The van der Waals surface area contributed by atoms with Crippen LogP contribution in [0.3, 0.4) is 0 Å². The van der Waals surface area contributed by atoms with E-state index in [0.29, 0.717) is 12.6 Å². The second kappa shape index (κ2) is 6.64. The molecule has 1 aromatic heterocycles. The largest absolute Gasteiger partial charge is 0.386 e. The van der Waals surface area contributed by atoms with Gasteiger partial charge >= 0.3 is 0 Å². The van der Waals surface area contributed by atoms with Crippen molar-refractivity contribution < 1.29 is 9.84 Å². The van der Waals surface area contributed by atoms with Crippen molar-refractivity contribution in [3.05, 3.63) is 35.2 Å². The average Bonchev–Trinajstić information content (AvgIpc) is 2.96. The number of benzene rings is 1. The SMILES string of the molecule is CC1CN(C(N)=NCC(O)c2cc3ccccc3s2)CCO1. The molecule has 1 aromatic carbocycles. The molecule has 1 saturated heterocycles. The van der Waals surface area contributed by atoms with Gasteiger partial charge in [0.05, 0.1) is 19.3 Å². The molecule has 0 amide bonds. The van der Waals surface area contributed by atoms with Crippen molar-refractivity contribution in [3.63, 3.8) is 0 Å². The quantitative estimate of drug-likeness (QED) is 0.670. The average molecular weight is 319 g/mol. The molecule has 0 bridgehead atoms. The fourth-order valence-electron chi connectivity index (χ4n) is 2.56. The zero-order valence-corrected chi connectivity index (χ0v) is 13.4. The number of aliphatic hydroxyl groups excluding tert-OH is 1. The molecule has 1 fully saturated rings. The molecule has 22 heavy (non-hydrogen) atoms. The van der Waals surface area contributed by atoms with E-state index in [0.717, 1.165) is 23.4 Å². The highest BCUT2D eigenvalue weighted by Crippen LogP contribution is 2.29. The van der Waals surface area contributed by atoms with Gasteiger partial charge in [0.2, 0.25) is 0 Å². The highest BCUT2D eigenvalue weighted by atomic mass is 32.1. The highest BCUT2D eigenvalue weighted by Gasteiger charge is 2.18. The lowest BCUT2D eigenvalue weighted by Crippen LogP contribution is -2.48. The molecule has 3 rings (SSSR count). The summed E-state index contributed by atoms with van der Waals surface area (Å²) in [5, 5.41) is 11.5. The Morgan fingerprint density at radius 1 is 1.55 bits per heavy atom. The Kier molecular flexibility index (Phi) is 4.61. The van der Waals surface area contributed by atoms with E-state index in [1.54, 1.807) is 11.3 Å². The van der Waals surface area contributed by atoms with Crippen molar-refractivity contribution in [2.45, 2.75) is 19.1 Å². The number of aliphatic hydroxyl groups is 1. The maximum absolute atomic E-state index is 10.3. The number of nitrogens with zero attached hydrogens (tertiary/aromatic N) is 2. The molecule has 1 aliphatic heterocycles. The fourth-order valence-corrected chi connectivity index (χ4v) is 3.60. The molecule has 0 spiro atoms. The normalized spacial score (nSPS) is 21.3. The Morgan fingerprint density at radius 3 is 3.14 bits per heavy atom. The van der Waals surface area contributed by atoms with Gasteiger partial charge in [-0.1, -0.05) is 18.2 Å². The second-order valence-corrected chi connectivity index (χ2v) is 6.64. The molecule has 0 saturated carbocycles. The summed E-state index contributed by atoms with van der Waals surface area (Å²) in [6.45, 7) is 4.46. The molecule has 3 N–H and O–H groups in total. The number of hydrogen-bond donors (Lipinski definition) is 2. The molecule has 5 nitrogen and oxygen atoms in total. The number of aliphatic imine (C=N–C) groups is 1. The third kappa shape index (κ3) is 3.40. The molecular weight excluding hydrogens is 298 g/mol. The zero-order valence-electron chi connectivity index (χ0n) is 12.6. The van der Waals surface area contributed by atoms with Crippen LogP contribution in [-0.2, 0) is 4.74 Å². The van der Waals surface area contributed by atoms with Gasteiger partial charge in [-0.15, -0.1) is 11.3 Å². The Hall–Kier alpha value is -1.63. The summed E-state index contributed by atoms with van der Waals surface area (Å²) < 4.78 is 6.66. The Morgan fingerprint density at radius 2 is 2.36 bits per heavy atom. The van der Waals surface area contributed by atoms with Crippen LogP contribution in [0.5, 0.6) is 0 Å². The predicted molar refractivity (Wildman–Crippen MR) is 90.3 cm³/mol. The number of guanidine groups is 1. The van der Waals surface area contributed by atoms with E-state index >= 15 is 0 Å². The molecule has 118 valence electrons. The number of fused-ring (bicyclic) bond motifs is 1. The number of morpholine rings is 1. The van der Waals surface area contributed by atoms with Gasteiger partial charge in [-0.25, -0.2) is 0 Å². The lowest BCUT2D eigenvalue weighted by molar-refractivity contribution is 0.00523. The molecule has 6 heteroatoms. The van der Waals surface area contributed by atoms with E-state index in [1.165, 1.54) is 4.70 Å². The van der Waals surface area contributed by atoms with E-state index < -0.39 is 6.10 Å². The first-order valence-corrected chi connectivity index (χ1v) is 8.28. The van der Waals surface area contributed by atoms with Gasteiger partial charge in [0.25, 0.3) is 0 Å². The maximum atomic E-state index is 10.3. The van der Waals surface area contributed by atoms with Crippen LogP contribution in [-0.4, -0.2) is 48.3 Å². The molecule has 1 aliphatic rings. The molecule has 0 aliphatic carbocycles. The molecular formula is C16H21N3O2S. The molecule has 2 unspecified atom stereocenters. The molecule has 2 aromatic rings. The number of nitrogens with two attached hydrogens (primary N) is 1. The second-order valence-electron chi connectivity index (χ2n) is 5.53. The van der Waals surface area contributed by atoms with Crippen LogP contribution in [0.2, 0.25) is 0 Å². The first kappa shape index (κ1) is 15.3. The summed E-state index contributed by atoms with van der Waals surface area (Å²) in [5.41, 5.74) is 6.02. The van der Waals surface area contributed by atoms with Crippen LogP contribution >= 0.6 is 11.3 Å². The fraction of sp³-hybridized carbons (Fsp3) is 0.438. The van der Waals surface area contributed by atoms with Crippen LogP contribution in [0.15, 0.2) is 35.3 Å². The maximum Gasteiger partial charge on any atom is 0.191 e.